The predicted molar refractivity (Wildman–Crippen MR) is 78.3 cm³/mol. The maximum Gasteiger partial charge on any atom is 0.128 e. The molecule has 3 nitrogen and oxygen atoms in total. The summed E-state index contributed by atoms with van der Waals surface area (Å²) in [6.07, 6.45) is 4.62. The van der Waals surface area contributed by atoms with Crippen LogP contribution < -0.4 is 9.80 Å². The van der Waals surface area contributed by atoms with Crippen LogP contribution in [0.1, 0.15) is 26.7 Å². The van der Waals surface area contributed by atoms with Gasteiger partial charge in [0, 0.05) is 27.2 Å². The van der Waals surface area contributed by atoms with Crippen molar-refractivity contribution in [3.8, 4) is 0 Å². The molecule has 1 aliphatic heterocycles. The van der Waals surface area contributed by atoms with Gasteiger partial charge in [-0.05, 0) is 36.8 Å². The van der Waals surface area contributed by atoms with Crippen LogP contribution in [0, 0.1) is 11.8 Å². The minimum atomic E-state index is 0.772. The molecule has 0 saturated carbocycles. The van der Waals surface area contributed by atoms with Crippen molar-refractivity contribution < 1.29 is 0 Å². The summed E-state index contributed by atoms with van der Waals surface area (Å²) in [6, 6.07) is 4.30. The topological polar surface area (TPSA) is 19.4 Å². The standard InChI is InChI=1S/C15H25N3/c1-12(2)13-6-5-9-18(11-13)15-8-7-14(10-16-15)17(3)4/h7-8,10,12-13H,5-6,9,11H2,1-4H3. The van der Waals surface area contributed by atoms with Gasteiger partial charge in [-0.15, -0.1) is 0 Å². The van der Waals surface area contributed by atoms with E-state index in [2.05, 4.69) is 40.8 Å². The zero-order valence-electron chi connectivity index (χ0n) is 12.1. The third-order valence-electron chi connectivity index (χ3n) is 3.97. The summed E-state index contributed by atoms with van der Waals surface area (Å²) in [6.45, 7) is 6.97. The summed E-state index contributed by atoms with van der Waals surface area (Å²) in [4.78, 5) is 9.13. The average molecular weight is 247 g/mol. The minimum absolute atomic E-state index is 0.772. The van der Waals surface area contributed by atoms with Crippen molar-refractivity contribution in [2.24, 2.45) is 11.8 Å². The van der Waals surface area contributed by atoms with Crippen molar-refractivity contribution in [1.82, 2.24) is 4.98 Å². The van der Waals surface area contributed by atoms with Gasteiger partial charge in [0.15, 0.2) is 0 Å². The van der Waals surface area contributed by atoms with Crippen LogP contribution in [0.3, 0.4) is 0 Å². The number of hydrogen-bond acceptors (Lipinski definition) is 3. The Balaban J connectivity index is 2.06. The number of aromatic nitrogens is 1. The first-order valence-electron chi connectivity index (χ1n) is 6.96. The van der Waals surface area contributed by atoms with Crippen molar-refractivity contribution in [2.75, 3.05) is 37.0 Å². The van der Waals surface area contributed by atoms with Crippen LogP contribution in [0.15, 0.2) is 18.3 Å². The van der Waals surface area contributed by atoms with E-state index in [0.717, 1.165) is 36.4 Å². The second-order valence-electron chi connectivity index (χ2n) is 5.86. The number of rotatable bonds is 3. The third-order valence-corrected chi connectivity index (χ3v) is 3.97. The fourth-order valence-corrected chi connectivity index (χ4v) is 2.59. The molecular formula is C15H25N3. The molecule has 1 atom stereocenters. The molecule has 0 radical (unpaired) electrons. The number of pyridine rings is 1. The third kappa shape index (κ3) is 2.95. The SMILES string of the molecule is CC(C)C1CCCN(c2ccc(N(C)C)cn2)C1. The van der Waals surface area contributed by atoms with E-state index in [0.29, 0.717) is 0 Å². The zero-order chi connectivity index (χ0) is 13.1. The smallest absolute Gasteiger partial charge is 0.128 e. The van der Waals surface area contributed by atoms with Gasteiger partial charge in [0.05, 0.1) is 11.9 Å². The summed E-state index contributed by atoms with van der Waals surface area (Å²) in [7, 11) is 4.10. The lowest BCUT2D eigenvalue weighted by Gasteiger charge is -2.35. The molecule has 2 heterocycles. The maximum absolute atomic E-state index is 4.60. The Morgan fingerprint density at radius 1 is 1.33 bits per heavy atom. The molecule has 1 aliphatic rings. The van der Waals surface area contributed by atoms with Gasteiger partial charge in [-0.1, -0.05) is 13.8 Å². The number of piperidine rings is 1. The molecule has 0 spiro atoms. The molecule has 2 rings (SSSR count). The van der Waals surface area contributed by atoms with E-state index in [-0.39, 0.29) is 0 Å². The number of nitrogens with zero attached hydrogens (tertiary/aromatic N) is 3. The van der Waals surface area contributed by atoms with Crippen LogP contribution in [-0.2, 0) is 0 Å². The first-order chi connectivity index (χ1) is 8.58. The minimum Gasteiger partial charge on any atom is -0.376 e. The van der Waals surface area contributed by atoms with Crippen molar-refractivity contribution in [1.29, 1.82) is 0 Å². The highest BCUT2D eigenvalue weighted by Crippen LogP contribution is 2.27. The average Bonchev–Trinajstić information content (AvgIpc) is 2.39. The maximum atomic E-state index is 4.60. The van der Waals surface area contributed by atoms with Gasteiger partial charge in [0.1, 0.15) is 5.82 Å². The Morgan fingerprint density at radius 2 is 2.11 bits per heavy atom. The second kappa shape index (κ2) is 5.59. The molecule has 0 aliphatic carbocycles. The highest BCUT2D eigenvalue weighted by molar-refractivity contribution is 5.49. The molecule has 0 aromatic carbocycles. The van der Waals surface area contributed by atoms with Gasteiger partial charge in [0.2, 0.25) is 0 Å². The monoisotopic (exact) mass is 247 g/mol. The molecule has 0 N–H and O–H groups in total. The Bertz CT molecular complexity index is 370. The van der Waals surface area contributed by atoms with Crippen LogP contribution in [0.5, 0.6) is 0 Å². The normalized spacial score (nSPS) is 20.3. The molecule has 100 valence electrons. The number of hydrogen-bond donors (Lipinski definition) is 0. The fourth-order valence-electron chi connectivity index (χ4n) is 2.59. The van der Waals surface area contributed by atoms with Gasteiger partial charge in [-0.2, -0.15) is 0 Å². The highest BCUT2D eigenvalue weighted by atomic mass is 15.2. The van der Waals surface area contributed by atoms with E-state index in [4.69, 9.17) is 0 Å². The van der Waals surface area contributed by atoms with Gasteiger partial charge in [-0.25, -0.2) is 4.98 Å². The Kier molecular flexibility index (Phi) is 4.10. The molecule has 3 heteroatoms. The van der Waals surface area contributed by atoms with Crippen molar-refractivity contribution >= 4 is 11.5 Å². The quantitative estimate of drug-likeness (QED) is 0.818. The lowest BCUT2D eigenvalue weighted by Crippen LogP contribution is -2.37. The van der Waals surface area contributed by atoms with Crippen LogP contribution in [0.25, 0.3) is 0 Å². The van der Waals surface area contributed by atoms with Crippen LogP contribution >= 0.6 is 0 Å². The summed E-state index contributed by atoms with van der Waals surface area (Å²) in [5, 5.41) is 0. The molecule has 1 aromatic rings. The molecule has 1 aromatic heterocycles. The summed E-state index contributed by atoms with van der Waals surface area (Å²) < 4.78 is 0. The Hall–Kier alpha value is -1.25. The Labute approximate surface area is 111 Å². The molecule has 1 fully saturated rings. The number of anilines is 2. The van der Waals surface area contributed by atoms with Crippen molar-refractivity contribution in [3.05, 3.63) is 18.3 Å². The van der Waals surface area contributed by atoms with Crippen LogP contribution in [0.2, 0.25) is 0 Å². The second-order valence-corrected chi connectivity index (χ2v) is 5.86. The molecular weight excluding hydrogens is 222 g/mol. The van der Waals surface area contributed by atoms with E-state index in [1.165, 1.54) is 12.8 Å². The molecule has 18 heavy (non-hydrogen) atoms. The molecule has 0 bridgehead atoms. The van der Waals surface area contributed by atoms with E-state index >= 15 is 0 Å². The van der Waals surface area contributed by atoms with Crippen molar-refractivity contribution in [2.45, 2.75) is 26.7 Å². The van der Waals surface area contributed by atoms with Gasteiger partial charge in [-0.3, -0.25) is 0 Å². The van der Waals surface area contributed by atoms with Crippen LogP contribution in [0.4, 0.5) is 11.5 Å². The largest absolute Gasteiger partial charge is 0.376 e. The molecule has 1 saturated heterocycles. The van der Waals surface area contributed by atoms with E-state index in [9.17, 15) is 0 Å². The fraction of sp³-hybridized carbons (Fsp3) is 0.667. The molecule has 0 amide bonds. The summed E-state index contributed by atoms with van der Waals surface area (Å²) in [5.74, 6) is 2.72. The van der Waals surface area contributed by atoms with E-state index in [1.54, 1.807) is 0 Å². The Morgan fingerprint density at radius 3 is 2.67 bits per heavy atom. The first kappa shape index (κ1) is 13.2. The predicted octanol–water partition coefficient (Wildman–Crippen LogP) is 3.02. The van der Waals surface area contributed by atoms with Gasteiger partial charge in [0.25, 0.3) is 0 Å². The lowest BCUT2D eigenvalue weighted by atomic mass is 9.88. The van der Waals surface area contributed by atoms with Crippen molar-refractivity contribution in [3.63, 3.8) is 0 Å². The highest BCUT2D eigenvalue weighted by Gasteiger charge is 2.22. The summed E-state index contributed by atoms with van der Waals surface area (Å²) in [5.41, 5.74) is 1.16. The lowest BCUT2D eigenvalue weighted by molar-refractivity contribution is 0.321. The van der Waals surface area contributed by atoms with Gasteiger partial charge >= 0.3 is 0 Å². The first-order valence-corrected chi connectivity index (χ1v) is 6.96. The summed E-state index contributed by atoms with van der Waals surface area (Å²) >= 11 is 0. The van der Waals surface area contributed by atoms with Crippen LogP contribution in [-0.4, -0.2) is 32.2 Å². The van der Waals surface area contributed by atoms with E-state index in [1.807, 2.05) is 20.3 Å². The van der Waals surface area contributed by atoms with E-state index < -0.39 is 0 Å². The zero-order valence-corrected chi connectivity index (χ0v) is 12.1. The van der Waals surface area contributed by atoms with Gasteiger partial charge < -0.3 is 9.80 Å². The molecule has 1 unspecified atom stereocenters.